The lowest BCUT2D eigenvalue weighted by Crippen LogP contribution is -2.07. The summed E-state index contributed by atoms with van der Waals surface area (Å²) in [7, 11) is 0. The number of hydrogen-bond donors (Lipinski definition) is 0. The largest absolute Gasteiger partial charge is 0.240 e. The van der Waals surface area contributed by atoms with Crippen molar-refractivity contribution in [1.82, 2.24) is 19.7 Å². The van der Waals surface area contributed by atoms with Crippen molar-refractivity contribution in [2.45, 2.75) is 34.1 Å². The van der Waals surface area contributed by atoms with E-state index < -0.39 is 0 Å². The molecule has 18 heavy (non-hydrogen) atoms. The number of hydrogen-bond acceptors (Lipinski definition) is 4. The molecular formula is C13H15N5. The van der Waals surface area contributed by atoms with E-state index in [4.69, 9.17) is 5.26 Å². The molecule has 2 heterocycles. The van der Waals surface area contributed by atoms with E-state index in [1.165, 1.54) is 5.56 Å². The molecule has 0 saturated carbocycles. The van der Waals surface area contributed by atoms with Crippen LogP contribution >= 0.6 is 0 Å². The second-order valence-electron chi connectivity index (χ2n) is 4.18. The van der Waals surface area contributed by atoms with E-state index in [9.17, 15) is 0 Å². The van der Waals surface area contributed by atoms with E-state index in [0.717, 1.165) is 17.8 Å². The van der Waals surface area contributed by atoms with E-state index in [2.05, 4.69) is 28.1 Å². The van der Waals surface area contributed by atoms with Gasteiger partial charge in [-0.25, -0.2) is 14.6 Å². The number of aryl methyl sites for hydroxylation is 2. The van der Waals surface area contributed by atoms with Gasteiger partial charge in [0.1, 0.15) is 17.5 Å². The third-order valence-electron chi connectivity index (χ3n) is 3.00. The second-order valence-corrected chi connectivity index (χ2v) is 4.18. The number of nitriles is 1. The zero-order valence-corrected chi connectivity index (χ0v) is 11.0. The zero-order chi connectivity index (χ0) is 13.3. The summed E-state index contributed by atoms with van der Waals surface area (Å²) >= 11 is 0. The normalized spacial score (nSPS) is 10.4. The molecule has 0 saturated heterocycles. The van der Waals surface area contributed by atoms with Gasteiger partial charge < -0.3 is 0 Å². The van der Waals surface area contributed by atoms with E-state index in [-0.39, 0.29) is 0 Å². The summed E-state index contributed by atoms with van der Waals surface area (Å²) in [6, 6.07) is 2.11. The topological polar surface area (TPSA) is 67.4 Å². The van der Waals surface area contributed by atoms with E-state index in [1.54, 1.807) is 17.8 Å². The molecule has 0 spiro atoms. The second kappa shape index (κ2) is 4.57. The van der Waals surface area contributed by atoms with Crippen molar-refractivity contribution in [3.63, 3.8) is 0 Å². The van der Waals surface area contributed by atoms with Crippen molar-refractivity contribution in [3.05, 3.63) is 34.5 Å². The molecule has 2 aromatic heterocycles. The Balaban J connectivity index is 2.70. The Labute approximate surface area is 106 Å². The molecule has 0 fully saturated rings. The minimum absolute atomic E-state index is 0.439. The maximum atomic E-state index is 9.12. The van der Waals surface area contributed by atoms with Crippen LogP contribution in [-0.4, -0.2) is 19.7 Å². The van der Waals surface area contributed by atoms with Crippen LogP contribution in [0.3, 0.4) is 0 Å². The Morgan fingerprint density at radius 3 is 2.61 bits per heavy atom. The highest BCUT2D eigenvalue weighted by atomic mass is 15.3. The predicted molar refractivity (Wildman–Crippen MR) is 67.5 cm³/mol. The SMILES string of the molecule is CCc1c(C)nn(-c2nc(C)ncc2C#N)c1C. The fraction of sp³-hybridized carbons (Fsp3) is 0.385. The van der Waals surface area contributed by atoms with Gasteiger partial charge >= 0.3 is 0 Å². The van der Waals surface area contributed by atoms with Gasteiger partial charge in [0.25, 0.3) is 0 Å². The molecule has 0 amide bonds. The molecule has 2 aromatic rings. The lowest BCUT2D eigenvalue weighted by atomic mass is 10.1. The molecule has 0 unspecified atom stereocenters. The minimum Gasteiger partial charge on any atom is -0.240 e. The van der Waals surface area contributed by atoms with Crippen molar-refractivity contribution in [2.75, 3.05) is 0 Å². The van der Waals surface area contributed by atoms with Gasteiger partial charge in [-0.2, -0.15) is 10.4 Å². The molecule has 0 N–H and O–H groups in total. The first kappa shape index (κ1) is 12.2. The fourth-order valence-electron chi connectivity index (χ4n) is 2.09. The van der Waals surface area contributed by atoms with Crippen molar-refractivity contribution >= 4 is 0 Å². The van der Waals surface area contributed by atoms with Crippen LogP contribution in [-0.2, 0) is 6.42 Å². The molecule has 5 nitrogen and oxygen atoms in total. The van der Waals surface area contributed by atoms with Crippen LogP contribution < -0.4 is 0 Å². The highest BCUT2D eigenvalue weighted by Crippen LogP contribution is 2.19. The third-order valence-corrected chi connectivity index (χ3v) is 3.00. The lowest BCUT2D eigenvalue weighted by molar-refractivity contribution is 0.788. The number of aromatic nitrogens is 4. The molecule has 2 rings (SSSR count). The Morgan fingerprint density at radius 2 is 2.06 bits per heavy atom. The number of rotatable bonds is 2. The summed E-state index contributed by atoms with van der Waals surface area (Å²) < 4.78 is 1.74. The van der Waals surface area contributed by atoms with Gasteiger partial charge in [0, 0.05) is 5.69 Å². The molecular weight excluding hydrogens is 226 g/mol. The zero-order valence-electron chi connectivity index (χ0n) is 11.0. The summed E-state index contributed by atoms with van der Waals surface area (Å²) in [6.45, 7) is 7.87. The van der Waals surface area contributed by atoms with E-state index >= 15 is 0 Å². The van der Waals surface area contributed by atoms with Gasteiger partial charge in [0.05, 0.1) is 11.9 Å². The maximum Gasteiger partial charge on any atom is 0.175 e. The molecule has 0 atom stereocenters. The molecule has 92 valence electrons. The molecule has 0 aliphatic heterocycles. The summed E-state index contributed by atoms with van der Waals surface area (Å²) in [4.78, 5) is 8.37. The smallest absolute Gasteiger partial charge is 0.175 e. The average Bonchev–Trinajstić information content (AvgIpc) is 2.64. The first-order valence-corrected chi connectivity index (χ1v) is 5.87. The summed E-state index contributed by atoms with van der Waals surface area (Å²) in [6.07, 6.45) is 2.46. The highest BCUT2D eigenvalue weighted by Gasteiger charge is 2.15. The van der Waals surface area contributed by atoms with E-state index in [1.807, 2.05) is 13.8 Å². The van der Waals surface area contributed by atoms with Gasteiger partial charge in [-0.15, -0.1) is 0 Å². The monoisotopic (exact) mass is 241 g/mol. The molecule has 0 aromatic carbocycles. The molecule has 0 aliphatic rings. The standard InChI is InChI=1S/C13H15N5/c1-5-12-8(2)17-18(9(12)3)13-11(6-14)7-15-10(4)16-13/h7H,5H2,1-4H3. The summed E-state index contributed by atoms with van der Waals surface area (Å²) in [5.74, 6) is 1.19. The van der Waals surface area contributed by atoms with Crippen LogP contribution in [0.5, 0.6) is 0 Å². The molecule has 0 bridgehead atoms. The van der Waals surface area contributed by atoms with Crippen LogP contribution in [0.2, 0.25) is 0 Å². The van der Waals surface area contributed by atoms with Gasteiger partial charge in [-0.05, 0) is 32.8 Å². The Kier molecular flexibility index (Phi) is 3.11. The Hall–Kier alpha value is -2.22. The fourth-order valence-corrected chi connectivity index (χ4v) is 2.09. The van der Waals surface area contributed by atoms with Gasteiger partial charge in [0.2, 0.25) is 0 Å². The van der Waals surface area contributed by atoms with Crippen molar-refractivity contribution in [2.24, 2.45) is 0 Å². The van der Waals surface area contributed by atoms with Gasteiger partial charge in [-0.3, -0.25) is 0 Å². The highest BCUT2D eigenvalue weighted by molar-refractivity contribution is 5.44. The van der Waals surface area contributed by atoms with Crippen molar-refractivity contribution < 1.29 is 0 Å². The van der Waals surface area contributed by atoms with Crippen LogP contribution in [0, 0.1) is 32.1 Å². The van der Waals surface area contributed by atoms with E-state index in [0.29, 0.717) is 17.2 Å². The van der Waals surface area contributed by atoms with Crippen LogP contribution in [0.15, 0.2) is 6.20 Å². The Bertz CT molecular complexity index is 634. The number of nitrogens with zero attached hydrogens (tertiary/aromatic N) is 5. The van der Waals surface area contributed by atoms with Crippen LogP contribution in [0.25, 0.3) is 5.82 Å². The van der Waals surface area contributed by atoms with Crippen molar-refractivity contribution in [1.29, 1.82) is 5.26 Å². The molecule has 0 aliphatic carbocycles. The maximum absolute atomic E-state index is 9.12. The Morgan fingerprint density at radius 1 is 1.33 bits per heavy atom. The van der Waals surface area contributed by atoms with Gasteiger partial charge in [0.15, 0.2) is 5.82 Å². The van der Waals surface area contributed by atoms with Crippen LogP contribution in [0.4, 0.5) is 0 Å². The molecule has 0 radical (unpaired) electrons. The van der Waals surface area contributed by atoms with Crippen LogP contribution in [0.1, 0.15) is 35.3 Å². The quantitative estimate of drug-likeness (QED) is 0.806. The lowest BCUT2D eigenvalue weighted by Gasteiger charge is -2.06. The van der Waals surface area contributed by atoms with Gasteiger partial charge in [-0.1, -0.05) is 6.92 Å². The first-order valence-electron chi connectivity index (χ1n) is 5.87. The first-order chi connectivity index (χ1) is 8.58. The minimum atomic E-state index is 0.439. The summed E-state index contributed by atoms with van der Waals surface area (Å²) in [5.41, 5.74) is 3.66. The average molecular weight is 241 g/mol. The molecule has 5 heteroatoms. The van der Waals surface area contributed by atoms with Crippen molar-refractivity contribution in [3.8, 4) is 11.9 Å². The summed E-state index contributed by atoms with van der Waals surface area (Å²) in [5, 5.41) is 13.6. The predicted octanol–water partition coefficient (Wildman–Crippen LogP) is 2.02. The third kappa shape index (κ3) is 1.86.